The van der Waals surface area contributed by atoms with Crippen molar-refractivity contribution in [1.29, 1.82) is 0 Å². The first-order valence-electron chi connectivity index (χ1n) is 7.06. The summed E-state index contributed by atoms with van der Waals surface area (Å²) >= 11 is 0. The van der Waals surface area contributed by atoms with Crippen LogP contribution in [0, 0.1) is 23.7 Å². The monoisotopic (exact) mass is 216 g/mol. The van der Waals surface area contributed by atoms with Crippen LogP contribution in [0.4, 0.5) is 0 Å². The van der Waals surface area contributed by atoms with E-state index in [2.05, 4.69) is 18.4 Å². The van der Waals surface area contributed by atoms with Gasteiger partial charge >= 0.3 is 0 Å². The van der Waals surface area contributed by atoms with Crippen molar-refractivity contribution in [2.75, 3.05) is 0 Å². The molecule has 2 aliphatic rings. The first-order chi connectivity index (χ1) is 7.86. The zero-order valence-corrected chi connectivity index (χ0v) is 10.4. The Balaban J connectivity index is 1.82. The molecule has 2 saturated carbocycles. The molecular weight excluding hydrogens is 192 g/mol. The van der Waals surface area contributed by atoms with E-state index < -0.39 is 0 Å². The Morgan fingerprint density at radius 1 is 0.812 bits per heavy atom. The van der Waals surface area contributed by atoms with Crippen LogP contribution in [-0.2, 0) is 0 Å². The highest BCUT2D eigenvalue weighted by molar-refractivity contribution is 5.29. The molecule has 0 aliphatic heterocycles. The van der Waals surface area contributed by atoms with Gasteiger partial charge in [0.2, 0.25) is 0 Å². The average molecular weight is 216 g/mol. The number of hydrogen-bond acceptors (Lipinski definition) is 0. The third-order valence-electron chi connectivity index (χ3n) is 4.14. The minimum atomic E-state index is 0.675. The molecule has 0 heterocycles. The molecule has 0 radical (unpaired) electrons. The zero-order valence-electron chi connectivity index (χ0n) is 10.4. The zero-order chi connectivity index (χ0) is 11.2. The second-order valence-corrected chi connectivity index (χ2v) is 5.46. The van der Waals surface area contributed by atoms with E-state index >= 15 is 0 Å². The van der Waals surface area contributed by atoms with Gasteiger partial charge in [-0.05, 0) is 37.2 Å². The Morgan fingerprint density at radius 3 is 2.00 bits per heavy atom. The van der Waals surface area contributed by atoms with Crippen molar-refractivity contribution in [2.24, 2.45) is 11.8 Å². The molecule has 0 atom stereocenters. The third kappa shape index (κ3) is 3.41. The maximum Gasteiger partial charge on any atom is 0.0206 e. The molecule has 0 heteroatoms. The molecule has 0 aromatic carbocycles. The standard InChI is InChI=1S/C16H24/c1-14(16-10-6-3-7-11-16)12-13-15-8-4-2-5-9-15/h15-16H,1-11H2. The van der Waals surface area contributed by atoms with Gasteiger partial charge in [0.1, 0.15) is 0 Å². The largest absolute Gasteiger partial charge is 0.0948 e. The number of rotatable bonds is 1. The molecule has 0 aromatic heterocycles. The van der Waals surface area contributed by atoms with Gasteiger partial charge < -0.3 is 0 Å². The normalized spacial score (nSPS) is 23.5. The van der Waals surface area contributed by atoms with E-state index in [4.69, 9.17) is 0 Å². The van der Waals surface area contributed by atoms with Crippen LogP contribution in [0.5, 0.6) is 0 Å². The maximum atomic E-state index is 4.19. The molecular formula is C16H24. The maximum absolute atomic E-state index is 4.19. The summed E-state index contributed by atoms with van der Waals surface area (Å²) in [6, 6.07) is 0. The van der Waals surface area contributed by atoms with Crippen LogP contribution >= 0.6 is 0 Å². The Morgan fingerprint density at radius 2 is 1.38 bits per heavy atom. The van der Waals surface area contributed by atoms with Crippen LogP contribution in [0.3, 0.4) is 0 Å². The van der Waals surface area contributed by atoms with E-state index in [1.807, 2.05) is 0 Å². The van der Waals surface area contributed by atoms with Crippen LogP contribution in [-0.4, -0.2) is 0 Å². The molecule has 0 amide bonds. The fourth-order valence-corrected chi connectivity index (χ4v) is 2.99. The molecule has 0 N–H and O–H groups in total. The lowest BCUT2D eigenvalue weighted by atomic mass is 9.84. The Kier molecular flexibility index (Phi) is 4.52. The molecule has 16 heavy (non-hydrogen) atoms. The van der Waals surface area contributed by atoms with Gasteiger partial charge in [-0.3, -0.25) is 0 Å². The second kappa shape index (κ2) is 6.14. The first-order valence-corrected chi connectivity index (χ1v) is 7.06. The number of hydrogen-bond donors (Lipinski definition) is 0. The third-order valence-corrected chi connectivity index (χ3v) is 4.14. The SMILES string of the molecule is C=C(C#CC1CCCCC1)C1CCCCC1. The lowest BCUT2D eigenvalue weighted by molar-refractivity contribution is 0.409. The molecule has 0 unspecified atom stereocenters. The van der Waals surface area contributed by atoms with Gasteiger partial charge in [0.25, 0.3) is 0 Å². The van der Waals surface area contributed by atoms with Crippen LogP contribution in [0.15, 0.2) is 12.2 Å². The topological polar surface area (TPSA) is 0 Å². The van der Waals surface area contributed by atoms with Crippen molar-refractivity contribution >= 4 is 0 Å². The molecule has 88 valence electrons. The van der Waals surface area contributed by atoms with E-state index in [0.717, 1.165) is 0 Å². The number of allylic oxidation sites excluding steroid dienone is 1. The minimum Gasteiger partial charge on any atom is -0.0948 e. The van der Waals surface area contributed by atoms with Crippen molar-refractivity contribution in [3.8, 4) is 11.8 Å². The first kappa shape index (κ1) is 11.8. The van der Waals surface area contributed by atoms with Gasteiger partial charge in [0.05, 0.1) is 0 Å². The molecule has 0 nitrogen and oxygen atoms in total. The predicted octanol–water partition coefficient (Wildman–Crippen LogP) is 4.71. The van der Waals surface area contributed by atoms with E-state index in [9.17, 15) is 0 Å². The van der Waals surface area contributed by atoms with E-state index in [1.54, 1.807) is 0 Å². The summed E-state index contributed by atoms with van der Waals surface area (Å²) < 4.78 is 0. The van der Waals surface area contributed by atoms with E-state index in [0.29, 0.717) is 11.8 Å². The van der Waals surface area contributed by atoms with Crippen molar-refractivity contribution in [1.82, 2.24) is 0 Å². The van der Waals surface area contributed by atoms with Crippen molar-refractivity contribution in [2.45, 2.75) is 64.2 Å². The smallest absolute Gasteiger partial charge is 0.0206 e. The van der Waals surface area contributed by atoms with Crippen molar-refractivity contribution in [3.05, 3.63) is 12.2 Å². The summed E-state index contributed by atoms with van der Waals surface area (Å²) in [7, 11) is 0. The second-order valence-electron chi connectivity index (χ2n) is 5.46. The van der Waals surface area contributed by atoms with Gasteiger partial charge in [-0.15, -0.1) is 0 Å². The average Bonchev–Trinajstić information content (AvgIpc) is 2.38. The molecule has 2 fully saturated rings. The Hall–Kier alpha value is -0.700. The highest BCUT2D eigenvalue weighted by Crippen LogP contribution is 2.29. The van der Waals surface area contributed by atoms with Crippen molar-refractivity contribution in [3.63, 3.8) is 0 Å². The highest BCUT2D eigenvalue weighted by atomic mass is 14.2. The quantitative estimate of drug-likeness (QED) is 0.557. The van der Waals surface area contributed by atoms with Gasteiger partial charge in [-0.25, -0.2) is 0 Å². The van der Waals surface area contributed by atoms with E-state index in [1.165, 1.54) is 69.8 Å². The van der Waals surface area contributed by atoms with Gasteiger partial charge in [-0.1, -0.05) is 56.9 Å². The van der Waals surface area contributed by atoms with Gasteiger partial charge in [0.15, 0.2) is 0 Å². The summed E-state index contributed by atoms with van der Waals surface area (Å²) in [6.45, 7) is 4.19. The summed E-state index contributed by atoms with van der Waals surface area (Å²) in [5.74, 6) is 8.23. The molecule has 0 spiro atoms. The van der Waals surface area contributed by atoms with Crippen LogP contribution in [0.1, 0.15) is 64.2 Å². The van der Waals surface area contributed by atoms with Crippen molar-refractivity contribution < 1.29 is 0 Å². The molecule has 0 aromatic rings. The van der Waals surface area contributed by atoms with Gasteiger partial charge in [0, 0.05) is 5.92 Å². The van der Waals surface area contributed by atoms with Crippen LogP contribution < -0.4 is 0 Å². The summed E-state index contributed by atoms with van der Waals surface area (Å²) in [5.41, 5.74) is 1.23. The lowest BCUT2D eigenvalue weighted by Gasteiger charge is -2.21. The summed E-state index contributed by atoms with van der Waals surface area (Å²) in [6.07, 6.45) is 13.7. The lowest BCUT2D eigenvalue weighted by Crippen LogP contribution is -2.08. The fraction of sp³-hybridized carbons (Fsp3) is 0.750. The van der Waals surface area contributed by atoms with Gasteiger partial charge in [-0.2, -0.15) is 0 Å². The summed E-state index contributed by atoms with van der Waals surface area (Å²) in [5, 5.41) is 0. The predicted molar refractivity (Wildman–Crippen MR) is 70.1 cm³/mol. The minimum absolute atomic E-state index is 0.675. The Labute approximate surface area is 101 Å². The summed E-state index contributed by atoms with van der Waals surface area (Å²) in [4.78, 5) is 0. The fourth-order valence-electron chi connectivity index (χ4n) is 2.99. The van der Waals surface area contributed by atoms with Crippen LogP contribution in [0.25, 0.3) is 0 Å². The highest BCUT2D eigenvalue weighted by Gasteiger charge is 2.15. The molecule has 2 aliphatic carbocycles. The van der Waals surface area contributed by atoms with Crippen LogP contribution in [0.2, 0.25) is 0 Å². The molecule has 0 saturated heterocycles. The Bertz CT molecular complexity index is 277. The van der Waals surface area contributed by atoms with E-state index in [-0.39, 0.29) is 0 Å². The molecule has 0 bridgehead atoms. The molecule has 2 rings (SSSR count).